The molecule has 2 N–H and O–H groups in total. The van der Waals surface area contributed by atoms with E-state index < -0.39 is 45.6 Å². The number of nitrogens with zero attached hydrogens (tertiary/aromatic N) is 3. The Hall–Kier alpha value is -3.81. The summed E-state index contributed by atoms with van der Waals surface area (Å²) in [5, 5.41) is 20.7. The molecular formula is C20H20N4O8S. The van der Waals surface area contributed by atoms with E-state index in [1.807, 2.05) is 0 Å². The maximum Gasteiger partial charge on any atom is 0.330 e. The monoisotopic (exact) mass is 476 g/mol. The fourth-order valence-corrected chi connectivity index (χ4v) is 4.69. The third kappa shape index (κ3) is 4.84. The zero-order valence-electron chi connectivity index (χ0n) is 17.3. The van der Waals surface area contributed by atoms with Crippen LogP contribution in [0.5, 0.6) is 0 Å². The Morgan fingerprint density at radius 1 is 1.15 bits per heavy atom. The van der Waals surface area contributed by atoms with Gasteiger partial charge in [0.2, 0.25) is 0 Å². The molecule has 0 amide bonds. The predicted molar refractivity (Wildman–Crippen MR) is 117 cm³/mol. The summed E-state index contributed by atoms with van der Waals surface area (Å²) in [5.74, 6) is 0. The average molecular weight is 476 g/mol. The number of aliphatic hydroxyl groups excluding tert-OH is 1. The highest BCUT2D eigenvalue weighted by Crippen LogP contribution is 2.29. The van der Waals surface area contributed by atoms with Crippen molar-refractivity contribution in [2.24, 2.45) is 0 Å². The van der Waals surface area contributed by atoms with Crippen LogP contribution in [0.4, 0.5) is 11.4 Å². The smallest absolute Gasteiger partial charge is 0.330 e. The molecule has 2 aromatic carbocycles. The highest BCUT2D eigenvalue weighted by molar-refractivity contribution is 7.92. The largest absolute Gasteiger partial charge is 0.392 e. The van der Waals surface area contributed by atoms with Gasteiger partial charge in [0.25, 0.3) is 21.3 Å². The number of non-ortho nitro benzene ring substituents is 1. The van der Waals surface area contributed by atoms with Crippen LogP contribution in [0.25, 0.3) is 0 Å². The number of H-pyrrole nitrogens is 1. The second-order valence-electron chi connectivity index (χ2n) is 6.76. The molecule has 3 rings (SSSR count). The van der Waals surface area contributed by atoms with Gasteiger partial charge < -0.3 is 14.8 Å². The first-order chi connectivity index (χ1) is 15.7. The number of hydrogen-bond donors (Lipinski definition) is 2. The molecule has 3 aromatic rings. The Balaban J connectivity index is 2.17. The molecule has 33 heavy (non-hydrogen) atoms. The van der Waals surface area contributed by atoms with Crippen molar-refractivity contribution in [2.75, 3.05) is 18.0 Å². The van der Waals surface area contributed by atoms with Crippen LogP contribution >= 0.6 is 0 Å². The lowest BCUT2D eigenvalue weighted by molar-refractivity contribution is -0.384. The van der Waals surface area contributed by atoms with Crippen molar-refractivity contribution in [1.82, 2.24) is 9.55 Å². The first-order valence-corrected chi connectivity index (χ1v) is 10.9. The number of anilines is 1. The lowest BCUT2D eigenvalue weighted by atomic mass is 10.2. The van der Waals surface area contributed by atoms with Crippen molar-refractivity contribution in [3.63, 3.8) is 0 Å². The number of ether oxygens (including phenoxy) is 1. The summed E-state index contributed by atoms with van der Waals surface area (Å²) in [5.41, 5.74) is -1.48. The number of aliphatic hydroxyl groups is 1. The second-order valence-corrected chi connectivity index (χ2v) is 8.62. The van der Waals surface area contributed by atoms with E-state index in [0.29, 0.717) is 0 Å². The SMILES string of the molecule is CO[C@H](CN(c1ccccc1CO)S(=O)(=O)c1ccc([N+](=O)[O-])cc1)n1c(=O)cc[nH]c1=O. The van der Waals surface area contributed by atoms with E-state index in [4.69, 9.17) is 4.74 Å². The quantitative estimate of drug-likeness (QED) is 0.341. The van der Waals surface area contributed by atoms with Crippen LogP contribution in [0.1, 0.15) is 11.8 Å². The zero-order chi connectivity index (χ0) is 24.2. The van der Waals surface area contributed by atoms with Crippen molar-refractivity contribution >= 4 is 21.4 Å². The van der Waals surface area contributed by atoms with Crippen LogP contribution in [0.2, 0.25) is 0 Å². The molecule has 0 aliphatic rings. The topological polar surface area (TPSA) is 165 Å². The van der Waals surface area contributed by atoms with Crippen molar-refractivity contribution in [2.45, 2.75) is 17.7 Å². The third-order valence-electron chi connectivity index (χ3n) is 4.84. The number of rotatable bonds is 9. The number of aromatic nitrogens is 2. The summed E-state index contributed by atoms with van der Waals surface area (Å²) in [4.78, 5) is 36.9. The van der Waals surface area contributed by atoms with Gasteiger partial charge in [-0.05, 0) is 18.2 Å². The summed E-state index contributed by atoms with van der Waals surface area (Å²) in [7, 11) is -3.17. The minimum Gasteiger partial charge on any atom is -0.392 e. The van der Waals surface area contributed by atoms with Crippen molar-refractivity contribution in [3.8, 4) is 0 Å². The Labute approximate surface area is 187 Å². The maximum atomic E-state index is 13.6. The Morgan fingerprint density at radius 2 is 1.82 bits per heavy atom. The number of nitrogens with one attached hydrogen (secondary N) is 1. The highest BCUT2D eigenvalue weighted by Gasteiger charge is 2.31. The van der Waals surface area contributed by atoms with Gasteiger partial charge in [-0.2, -0.15) is 0 Å². The molecule has 1 heterocycles. The van der Waals surface area contributed by atoms with Gasteiger partial charge in [0.05, 0.1) is 28.7 Å². The van der Waals surface area contributed by atoms with Crippen molar-refractivity contribution in [1.29, 1.82) is 0 Å². The van der Waals surface area contributed by atoms with E-state index in [-0.39, 0.29) is 21.8 Å². The molecule has 0 bridgehead atoms. The highest BCUT2D eigenvalue weighted by atomic mass is 32.2. The molecule has 0 fully saturated rings. The average Bonchev–Trinajstić information content (AvgIpc) is 2.80. The van der Waals surface area contributed by atoms with E-state index in [2.05, 4.69) is 4.98 Å². The zero-order valence-corrected chi connectivity index (χ0v) is 18.1. The molecule has 12 nitrogen and oxygen atoms in total. The van der Waals surface area contributed by atoms with Gasteiger partial charge in [0.15, 0.2) is 6.23 Å². The minimum atomic E-state index is -4.38. The van der Waals surface area contributed by atoms with Crippen LogP contribution in [-0.2, 0) is 21.4 Å². The van der Waals surface area contributed by atoms with Crippen LogP contribution < -0.4 is 15.6 Å². The number of sulfonamides is 1. The summed E-state index contributed by atoms with van der Waals surface area (Å²) in [6, 6.07) is 11.4. The van der Waals surface area contributed by atoms with Gasteiger partial charge in [-0.25, -0.2) is 17.8 Å². The third-order valence-corrected chi connectivity index (χ3v) is 6.63. The number of benzene rings is 2. The second kappa shape index (κ2) is 9.77. The number of nitro benzene ring substituents is 1. The van der Waals surface area contributed by atoms with Crippen LogP contribution in [0.15, 0.2) is 75.3 Å². The Bertz CT molecular complexity index is 1340. The summed E-state index contributed by atoms with van der Waals surface area (Å²) in [6.45, 7) is -1.01. The lowest BCUT2D eigenvalue weighted by Crippen LogP contribution is -2.44. The molecule has 13 heteroatoms. The molecule has 0 saturated heterocycles. The predicted octanol–water partition coefficient (Wildman–Crippen LogP) is 0.978. The first-order valence-electron chi connectivity index (χ1n) is 9.49. The van der Waals surface area contributed by atoms with Crippen LogP contribution in [-0.4, -0.2) is 41.7 Å². The number of para-hydroxylation sites is 1. The molecule has 0 aliphatic carbocycles. The lowest BCUT2D eigenvalue weighted by Gasteiger charge is -2.30. The van der Waals surface area contributed by atoms with Crippen LogP contribution in [0.3, 0.4) is 0 Å². The number of aromatic amines is 1. The molecular weight excluding hydrogens is 456 g/mol. The van der Waals surface area contributed by atoms with E-state index in [0.717, 1.165) is 45.4 Å². The fraction of sp³-hybridized carbons (Fsp3) is 0.200. The molecule has 0 aliphatic heterocycles. The van der Waals surface area contributed by atoms with Gasteiger partial charge in [-0.15, -0.1) is 0 Å². The molecule has 0 unspecified atom stereocenters. The van der Waals surface area contributed by atoms with Crippen molar-refractivity contribution in [3.05, 3.63) is 97.3 Å². The normalized spacial score (nSPS) is 12.3. The maximum absolute atomic E-state index is 13.6. The molecule has 174 valence electrons. The molecule has 0 spiro atoms. The van der Waals surface area contributed by atoms with E-state index in [9.17, 15) is 33.2 Å². The van der Waals surface area contributed by atoms with E-state index >= 15 is 0 Å². The first kappa shape index (κ1) is 23.8. The van der Waals surface area contributed by atoms with E-state index in [1.165, 1.54) is 19.2 Å². The summed E-state index contributed by atoms with van der Waals surface area (Å²) < 4.78 is 34.1. The molecule has 1 aromatic heterocycles. The van der Waals surface area contributed by atoms with Gasteiger partial charge in [0, 0.05) is 37.1 Å². The summed E-state index contributed by atoms with van der Waals surface area (Å²) in [6.07, 6.45) is -0.178. The van der Waals surface area contributed by atoms with Crippen LogP contribution in [0, 0.1) is 10.1 Å². The minimum absolute atomic E-state index is 0.0841. The number of methoxy groups -OCH3 is 1. The molecule has 0 saturated carbocycles. The molecule has 1 atom stereocenters. The Kier molecular flexibility index (Phi) is 7.06. The van der Waals surface area contributed by atoms with Gasteiger partial charge >= 0.3 is 5.69 Å². The van der Waals surface area contributed by atoms with Gasteiger partial charge in [-0.3, -0.25) is 19.2 Å². The summed E-state index contributed by atoms with van der Waals surface area (Å²) >= 11 is 0. The van der Waals surface area contributed by atoms with E-state index in [1.54, 1.807) is 12.1 Å². The Morgan fingerprint density at radius 3 is 2.39 bits per heavy atom. The number of nitro groups is 1. The molecule has 0 radical (unpaired) electrons. The number of hydrogen-bond acceptors (Lipinski definition) is 8. The van der Waals surface area contributed by atoms with Gasteiger partial charge in [-0.1, -0.05) is 18.2 Å². The standard InChI is InChI=1S/C20H20N4O8S/c1-32-19(23-18(26)10-11-21-20(23)27)12-22(17-5-3-2-4-14(17)13-25)33(30,31)16-8-6-15(7-9-16)24(28)29/h2-11,19,25H,12-13H2,1H3,(H,21,27)/t19-/m1/s1. The van der Waals surface area contributed by atoms with Gasteiger partial charge in [0.1, 0.15) is 0 Å². The van der Waals surface area contributed by atoms with Crippen molar-refractivity contribution < 1.29 is 23.2 Å². The fourth-order valence-electron chi connectivity index (χ4n) is 3.19.